The summed E-state index contributed by atoms with van der Waals surface area (Å²) in [5.41, 5.74) is 0. The van der Waals surface area contributed by atoms with Crippen molar-refractivity contribution in [3.63, 3.8) is 0 Å². The van der Waals surface area contributed by atoms with E-state index in [1.54, 1.807) is 0 Å². The quantitative estimate of drug-likeness (QED) is 0.0169. The van der Waals surface area contributed by atoms with Crippen molar-refractivity contribution in [3.8, 4) is 0 Å². The van der Waals surface area contributed by atoms with Crippen LogP contribution in [0, 0.1) is 11.8 Å². The van der Waals surface area contributed by atoms with Gasteiger partial charge >= 0.3 is 39.5 Å². The van der Waals surface area contributed by atoms with Crippen molar-refractivity contribution in [1.29, 1.82) is 0 Å². The maximum atomic E-state index is 13.1. The molecule has 0 aromatic heterocycles. The van der Waals surface area contributed by atoms with Crippen molar-refractivity contribution in [2.24, 2.45) is 11.8 Å². The van der Waals surface area contributed by atoms with Crippen LogP contribution in [0.5, 0.6) is 0 Å². The highest BCUT2D eigenvalue weighted by molar-refractivity contribution is 7.47. The van der Waals surface area contributed by atoms with Gasteiger partial charge in [0.15, 0.2) is 12.2 Å². The van der Waals surface area contributed by atoms with Crippen molar-refractivity contribution in [3.05, 3.63) is 24.3 Å². The molecule has 2 unspecified atom stereocenters. The first-order valence-corrected chi connectivity index (χ1v) is 44.8. The van der Waals surface area contributed by atoms with Gasteiger partial charge in [0.1, 0.15) is 19.3 Å². The molecule has 0 saturated heterocycles. The van der Waals surface area contributed by atoms with Crippen LogP contribution in [0.25, 0.3) is 0 Å². The van der Waals surface area contributed by atoms with Crippen LogP contribution in [0.1, 0.15) is 408 Å². The second kappa shape index (κ2) is 73.1. The van der Waals surface area contributed by atoms with Crippen LogP contribution in [0.4, 0.5) is 0 Å². The number of hydrogen-bond acceptors (Lipinski definition) is 15. The Morgan fingerprint density at radius 1 is 0.307 bits per heavy atom. The van der Waals surface area contributed by atoms with Crippen LogP contribution < -0.4 is 0 Å². The highest BCUT2D eigenvalue weighted by Crippen LogP contribution is 2.45. The molecule has 0 saturated carbocycles. The fourth-order valence-electron chi connectivity index (χ4n) is 12.2. The number of phosphoric ester groups is 2. The number of carbonyl (C=O) groups is 4. The first-order valence-electron chi connectivity index (χ1n) is 41.8. The van der Waals surface area contributed by atoms with Crippen LogP contribution in [0.3, 0.4) is 0 Å². The van der Waals surface area contributed by atoms with E-state index in [1.807, 2.05) is 0 Å². The van der Waals surface area contributed by atoms with Crippen molar-refractivity contribution >= 4 is 39.5 Å². The highest BCUT2D eigenvalue weighted by Gasteiger charge is 2.30. The molecule has 0 heterocycles. The minimum absolute atomic E-state index is 0.0855. The van der Waals surface area contributed by atoms with Gasteiger partial charge in [-0.3, -0.25) is 37.3 Å². The summed E-state index contributed by atoms with van der Waals surface area (Å²) in [6.45, 7) is 9.62. The number of phosphoric acid groups is 2. The first kappa shape index (κ1) is 98.5. The predicted molar refractivity (Wildman–Crippen MR) is 414 cm³/mol. The zero-order valence-corrected chi connectivity index (χ0v) is 67.5. The maximum Gasteiger partial charge on any atom is 0.472 e. The fraction of sp³-hybridized carbons (Fsp3) is 0.902. The highest BCUT2D eigenvalue weighted by atomic mass is 31.2. The van der Waals surface area contributed by atoms with Crippen LogP contribution in [0.15, 0.2) is 24.3 Å². The van der Waals surface area contributed by atoms with Crippen LogP contribution in [-0.4, -0.2) is 96.7 Å². The van der Waals surface area contributed by atoms with E-state index in [9.17, 15) is 43.2 Å². The van der Waals surface area contributed by atoms with Gasteiger partial charge in [-0.1, -0.05) is 355 Å². The number of ether oxygens (including phenoxy) is 4. The standard InChI is InChI=1S/C82H156O17P2/c1-7-9-11-13-15-17-19-21-22-30-36-42-48-54-60-66-81(86)98-77(70-92-79(84)64-58-52-46-40-34-20-18-16-14-12-10-8-2)72-96-100(88,89)94-68-76(83)69-95-101(90,91)97-73-78(99-82(87)67-61-55-49-43-37-31-26-24-28-33-39-45-51-57-63-75(5)6)71-93-80(85)65-59-53-47-41-35-29-25-23-27-32-38-44-50-56-62-74(3)4/h17,19,21-22,74-78,83H,7-16,18,20,23-73H2,1-6H3,(H,88,89)(H,90,91)/b19-17-,22-21-/t76-,77+,78+/m0/s1. The Kier molecular flexibility index (Phi) is 71.3. The van der Waals surface area contributed by atoms with E-state index in [4.69, 9.17) is 37.0 Å². The van der Waals surface area contributed by atoms with Gasteiger partial charge in [-0.05, 0) is 63.2 Å². The molecule has 0 aliphatic carbocycles. The second-order valence-electron chi connectivity index (χ2n) is 29.8. The monoisotopic (exact) mass is 1480 g/mol. The Morgan fingerprint density at radius 3 is 0.812 bits per heavy atom. The smallest absolute Gasteiger partial charge is 0.462 e. The molecule has 0 fully saturated rings. The lowest BCUT2D eigenvalue weighted by Crippen LogP contribution is -2.30. The number of unbranched alkanes of at least 4 members (excludes halogenated alkanes) is 46. The number of rotatable bonds is 79. The van der Waals surface area contributed by atoms with Crippen molar-refractivity contribution in [2.75, 3.05) is 39.6 Å². The van der Waals surface area contributed by atoms with E-state index >= 15 is 0 Å². The van der Waals surface area contributed by atoms with Crippen LogP contribution in [-0.2, 0) is 65.4 Å². The van der Waals surface area contributed by atoms with Gasteiger partial charge in [0.2, 0.25) is 0 Å². The molecule has 0 spiro atoms. The van der Waals surface area contributed by atoms with Crippen molar-refractivity contribution in [2.45, 2.75) is 426 Å². The summed E-state index contributed by atoms with van der Waals surface area (Å²) in [5, 5.41) is 10.6. The van der Waals surface area contributed by atoms with Crippen molar-refractivity contribution < 1.29 is 80.2 Å². The molecule has 0 radical (unpaired) electrons. The van der Waals surface area contributed by atoms with E-state index in [2.05, 4.69) is 65.8 Å². The molecule has 0 amide bonds. The Balaban J connectivity index is 5.30. The third-order valence-electron chi connectivity index (χ3n) is 18.6. The molecule has 3 N–H and O–H groups in total. The van der Waals surface area contributed by atoms with Gasteiger partial charge < -0.3 is 33.8 Å². The van der Waals surface area contributed by atoms with Crippen LogP contribution >= 0.6 is 15.6 Å². The fourth-order valence-corrected chi connectivity index (χ4v) is 13.8. The molecular weight excluding hydrogens is 1320 g/mol. The SMILES string of the molecule is CCCCCC/C=C\C=C/CCCCCCCC(=O)O[C@H](COC(=O)CCCCCCCCCCCCCC)COP(=O)(O)OC[C@H](O)COP(=O)(O)OC[C@@H](COC(=O)CCCCCCCCCCCCCCCCC(C)C)OC(=O)CCCCCCCCCCCCCCCCC(C)C. The molecule has 0 aromatic rings. The van der Waals surface area contributed by atoms with Gasteiger partial charge in [0, 0.05) is 25.7 Å². The number of aliphatic hydroxyl groups is 1. The summed E-state index contributed by atoms with van der Waals surface area (Å²) >= 11 is 0. The molecule has 19 heteroatoms. The number of carbonyl (C=O) groups excluding carboxylic acids is 4. The molecule has 0 rings (SSSR count). The summed E-state index contributed by atoms with van der Waals surface area (Å²) in [4.78, 5) is 73.1. The molecule has 596 valence electrons. The Hall–Kier alpha value is -2.46. The van der Waals surface area contributed by atoms with E-state index in [-0.39, 0.29) is 25.7 Å². The Morgan fingerprint density at radius 2 is 0.535 bits per heavy atom. The molecule has 0 aliphatic heterocycles. The Labute approximate surface area is 618 Å². The third-order valence-corrected chi connectivity index (χ3v) is 20.5. The minimum Gasteiger partial charge on any atom is -0.462 e. The maximum absolute atomic E-state index is 13.1. The number of aliphatic hydroxyl groups excluding tert-OH is 1. The zero-order valence-electron chi connectivity index (χ0n) is 65.7. The average Bonchev–Trinajstić information content (AvgIpc) is 1.02. The molecule has 0 bridgehead atoms. The normalized spacial score (nSPS) is 14.0. The molecular formula is C82H156O17P2. The van der Waals surface area contributed by atoms with Gasteiger partial charge in [-0.25, -0.2) is 9.13 Å². The topological polar surface area (TPSA) is 237 Å². The summed E-state index contributed by atoms with van der Waals surface area (Å²) < 4.78 is 68.7. The third kappa shape index (κ3) is 75.6. The summed E-state index contributed by atoms with van der Waals surface area (Å²) in [6.07, 6.45) is 65.9. The number of allylic oxidation sites excluding steroid dienone is 4. The summed E-state index contributed by atoms with van der Waals surface area (Å²) in [5.74, 6) is -0.544. The zero-order chi connectivity index (χ0) is 74.2. The molecule has 101 heavy (non-hydrogen) atoms. The van der Waals surface area contributed by atoms with Gasteiger partial charge in [-0.2, -0.15) is 0 Å². The number of hydrogen-bond donors (Lipinski definition) is 3. The van der Waals surface area contributed by atoms with Gasteiger partial charge in [0.25, 0.3) is 0 Å². The lowest BCUT2D eigenvalue weighted by atomic mass is 10.0. The predicted octanol–water partition coefficient (Wildman–Crippen LogP) is 24.2. The van der Waals surface area contributed by atoms with Crippen LogP contribution in [0.2, 0.25) is 0 Å². The van der Waals surface area contributed by atoms with Gasteiger partial charge in [0.05, 0.1) is 26.4 Å². The van der Waals surface area contributed by atoms with E-state index < -0.39 is 97.5 Å². The van der Waals surface area contributed by atoms with Crippen molar-refractivity contribution in [1.82, 2.24) is 0 Å². The summed E-state index contributed by atoms with van der Waals surface area (Å²) in [7, 11) is -9.93. The summed E-state index contributed by atoms with van der Waals surface area (Å²) in [6, 6.07) is 0. The van der Waals surface area contributed by atoms with E-state index in [1.165, 1.54) is 212 Å². The van der Waals surface area contributed by atoms with E-state index in [0.29, 0.717) is 25.7 Å². The lowest BCUT2D eigenvalue weighted by Gasteiger charge is -2.21. The first-order chi connectivity index (χ1) is 48.9. The second-order valence-corrected chi connectivity index (χ2v) is 32.7. The molecule has 0 aromatic carbocycles. The minimum atomic E-state index is -4.97. The molecule has 17 nitrogen and oxygen atoms in total. The molecule has 5 atom stereocenters. The molecule has 0 aliphatic rings. The number of esters is 4. The van der Waals surface area contributed by atoms with Gasteiger partial charge in [-0.15, -0.1) is 0 Å². The van der Waals surface area contributed by atoms with E-state index in [0.717, 1.165) is 115 Å². The average molecular weight is 1480 g/mol. The largest absolute Gasteiger partial charge is 0.472 e. The Bertz CT molecular complexity index is 2040. The lowest BCUT2D eigenvalue weighted by molar-refractivity contribution is -0.161.